The van der Waals surface area contributed by atoms with E-state index in [1.807, 2.05) is 18.2 Å². The monoisotopic (exact) mass is 372 g/mol. The van der Waals surface area contributed by atoms with Gasteiger partial charge >= 0.3 is 5.97 Å². The molecule has 0 fully saturated rings. The van der Waals surface area contributed by atoms with E-state index < -0.39 is 5.97 Å². The summed E-state index contributed by atoms with van der Waals surface area (Å²) in [5.41, 5.74) is 2.10. The number of anilines is 1. The first kappa shape index (κ1) is 20.3. The third kappa shape index (κ3) is 6.31. The molecule has 0 aromatic heterocycles. The van der Waals surface area contributed by atoms with Crippen molar-refractivity contribution in [2.24, 2.45) is 0 Å². The fraction of sp³-hybridized carbons (Fsp3) is 0.300. The van der Waals surface area contributed by atoms with Crippen LogP contribution < -0.4 is 20.1 Å². The number of carbonyl (C=O) groups is 2. The predicted molar refractivity (Wildman–Crippen MR) is 103 cm³/mol. The molecule has 0 unspecified atom stereocenters. The van der Waals surface area contributed by atoms with Gasteiger partial charge in [-0.3, -0.25) is 4.79 Å². The predicted octanol–water partition coefficient (Wildman–Crippen LogP) is 2.26. The summed E-state index contributed by atoms with van der Waals surface area (Å²) in [6.45, 7) is 0.810. The first-order valence-corrected chi connectivity index (χ1v) is 8.46. The number of hydrogen-bond acceptors (Lipinski definition) is 6. The topological polar surface area (TPSA) is 85.9 Å². The van der Waals surface area contributed by atoms with Crippen LogP contribution in [0.2, 0.25) is 0 Å². The van der Waals surface area contributed by atoms with E-state index in [9.17, 15) is 9.59 Å². The third-order valence-corrected chi connectivity index (χ3v) is 3.88. The lowest BCUT2D eigenvalue weighted by molar-refractivity contribution is -0.115. The van der Waals surface area contributed by atoms with Crippen molar-refractivity contribution < 1.29 is 23.8 Å². The van der Waals surface area contributed by atoms with Crippen LogP contribution in [0.4, 0.5) is 5.69 Å². The Morgan fingerprint density at radius 2 is 1.56 bits per heavy atom. The molecule has 1 amide bonds. The molecule has 0 bridgehead atoms. The number of amides is 1. The molecule has 0 heterocycles. The summed E-state index contributed by atoms with van der Waals surface area (Å²) in [6.07, 6.45) is 0.731. The highest BCUT2D eigenvalue weighted by Crippen LogP contribution is 2.22. The molecule has 0 aliphatic rings. The van der Waals surface area contributed by atoms with Gasteiger partial charge in [0.15, 0.2) is 0 Å². The number of nitrogens with one attached hydrogen (secondary N) is 2. The molecule has 0 radical (unpaired) electrons. The number of carbonyl (C=O) groups excluding carboxylic acids is 2. The van der Waals surface area contributed by atoms with E-state index in [1.165, 1.54) is 7.11 Å². The first-order valence-electron chi connectivity index (χ1n) is 8.46. The molecule has 2 aromatic carbocycles. The van der Waals surface area contributed by atoms with Crippen molar-refractivity contribution in [2.75, 3.05) is 39.7 Å². The summed E-state index contributed by atoms with van der Waals surface area (Å²) in [7, 11) is 4.54. The van der Waals surface area contributed by atoms with E-state index in [0.29, 0.717) is 17.8 Å². The van der Waals surface area contributed by atoms with Crippen molar-refractivity contribution in [3.63, 3.8) is 0 Å². The lowest BCUT2D eigenvalue weighted by Gasteiger charge is -2.10. The van der Waals surface area contributed by atoms with Gasteiger partial charge in [0, 0.05) is 11.8 Å². The lowest BCUT2D eigenvalue weighted by atomic mass is 10.1. The minimum absolute atomic E-state index is 0.163. The number of benzene rings is 2. The van der Waals surface area contributed by atoms with E-state index in [4.69, 9.17) is 9.47 Å². The summed E-state index contributed by atoms with van der Waals surface area (Å²) < 4.78 is 15.1. The van der Waals surface area contributed by atoms with Gasteiger partial charge < -0.3 is 24.8 Å². The summed E-state index contributed by atoms with van der Waals surface area (Å²) in [4.78, 5) is 23.4. The van der Waals surface area contributed by atoms with Crippen LogP contribution in [0.3, 0.4) is 0 Å². The van der Waals surface area contributed by atoms with Crippen LogP contribution in [0.5, 0.6) is 11.5 Å². The maximum atomic E-state index is 12.0. The van der Waals surface area contributed by atoms with E-state index in [1.54, 1.807) is 38.5 Å². The zero-order valence-electron chi connectivity index (χ0n) is 15.7. The maximum absolute atomic E-state index is 12.0. The van der Waals surface area contributed by atoms with E-state index in [-0.39, 0.29) is 12.5 Å². The highest BCUT2D eigenvalue weighted by Gasteiger charge is 2.07. The number of ether oxygens (including phenoxy) is 3. The summed E-state index contributed by atoms with van der Waals surface area (Å²) in [5, 5.41) is 5.87. The minimum atomic E-state index is -0.413. The molecule has 0 aliphatic carbocycles. The Labute approximate surface area is 158 Å². The second kappa shape index (κ2) is 10.2. The average Bonchev–Trinajstić information content (AvgIpc) is 2.70. The van der Waals surface area contributed by atoms with Crippen LogP contribution in [-0.2, 0) is 16.0 Å². The smallest absolute Gasteiger partial charge is 0.337 e. The van der Waals surface area contributed by atoms with Gasteiger partial charge in [-0.15, -0.1) is 0 Å². The van der Waals surface area contributed by atoms with Crippen molar-refractivity contribution in [2.45, 2.75) is 6.42 Å². The third-order valence-electron chi connectivity index (χ3n) is 3.88. The number of esters is 1. The van der Waals surface area contributed by atoms with Gasteiger partial charge in [0.2, 0.25) is 5.91 Å². The SMILES string of the molecule is COC(=O)c1ccc(NC(=O)CNCCc2cc(OC)cc(OC)c2)cc1. The van der Waals surface area contributed by atoms with Crippen LogP contribution in [0.1, 0.15) is 15.9 Å². The van der Waals surface area contributed by atoms with Crippen LogP contribution in [0.25, 0.3) is 0 Å². The van der Waals surface area contributed by atoms with Crippen LogP contribution in [-0.4, -0.2) is 46.3 Å². The van der Waals surface area contributed by atoms with E-state index >= 15 is 0 Å². The van der Waals surface area contributed by atoms with E-state index in [2.05, 4.69) is 15.4 Å². The molecule has 27 heavy (non-hydrogen) atoms. The van der Waals surface area contributed by atoms with Crippen molar-refractivity contribution >= 4 is 17.6 Å². The molecule has 144 valence electrons. The Hall–Kier alpha value is -3.06. The molecule has 2 N–H and O–H groups in total. The Balaban J connectivity index is 1.77. The molecule has 0 saturated heterocycles. The number of hydrogen-bond donors (Lipinski definition) is 2. The molecular formula is C20H24N2O5. The minimum Gasteiger partial charge on any atom is -0.497 e. The highest BCUT2D eigenvalue weighted by atomic mass is 16.5. The van der Waals surface area contributed by atoms with Gasteiger partial charge in [0.25, 0.3) is 0 Å². The second-order valence-corrected chi connectivity index (χ2v) is 5.76. The zero-order valence-corrected chi connectivity index (χ0v) is 15.7. The fourth-order valence-corrected chi connectivity index (χ4v) is 2.46. The van der Waals surface area contributed by atoms with Gasteiger partial charge in [-0.05, 0) is 54.9 Å². The molecule has 2 rings (SSSR count). The number of rotatable bonds is 9. The normalized spacial score (nSPS) is 10.2. The van der Waals surface area contributed by atoms with Crippen LogP contribution in [0, 0.1) is 0 Å². The standard InChI is InChI=1S/C20H24N2O5/c1-25-17-10-14(11-18(12-17)26-2)8-9-21-13-19(23)22-16-6-4-15(5-7-16)20(24)27-3/h4-7,10-12,21H,8-9,13H2,1-3H3,(H,22,23). The van der Waals surface area contributed by atoms with E-state index in [0.717, 1.165) is 23.5 Å². The lowest BCUT2D eigenvalue weighted by Crippen LogP contribution is -2.29. The average molecular weight is 372 g/mol. The van der Waals surface area contributed by atoms with Gasteiger partial charge in [-0.1, -0.05) is 0 Å². The van der Waals surface area contributed by atoms with Crippen molar-refractivity contribution in [3.8, 4) is 11.5 Å². The van der Waals surface area contributed by atoms with Crippen LogP contribution in [0.15, 0.2) is 42.5 Å². The highest BCUT2D eigenvalue weighted by molar-refractivity contribution is 5.93. The van der Waals surface area contributed by atoms with Gasteiger partial charge in [-0.2, -0.15) is 0 Å². The Bertz CT molecular complexity index is 752. The molecule has 7 nitrogen and oxygen atoms in total. The Morgan fingerprint density at radius 3 is 2.11 bits per heavy atom. The molecule has 0 saturated carbocycles. The van der Waals surface area contributed by atoms with Crippen molar-refractivity contribution in [1.29, 1.82) is 0 Å². The Morgan fingerprint density at radius 1 is 0.926 bits per heavy atom. The van der Waals surface area contributed by atoms with Crippen LogP contribution >= 0.6 is 0 Å². The Kier molecular flexibility index (Phi) is 7.63. The molecule has 0 aliphatic heterocycles. The molecule has 0 spiro atoms. The van der Waals surface area contributed by atoms with Crippen molar-refractivity contribution in [3.05, 3.63) is 53.6 Å². The van der Waals surface area contributed by atoms with Gasteiger partial charge in [0.05, 0.1) is 33.4 Å². The quantitative estimate of drug-likeness (QED) is 0.519. The summed E-state index contributed by atoms with van der Waals surface area (Å²) >= 11 is 0. The molecular weight excluding hydrogens is 348 g/mol. The molecule has 7 heteroatoms. The van der Waals surface area contributed by atoms with Gasteiger partial charge in [0.1, 0.15) is 11.5 Å². The zero-order chi connectivity index (χ0) is 19.6. The molecule has 0 atom stereocenters. The number of methoxy groups -OCH3 is 3. The maximum Gasteiger partial charge on any atom is 0.337 e. The molecule has 2 aromatic rings. The van der Waals surface area contributed by atoms with Crippen molar-refractivity contribution in [1.82, 2.24) is 5.32 Å². The largest absolute Gasteiger partial charge is 0.497 e. The fourth-order valence-electron chi connectivity index (χ4n) is 2.46. The van der Waals surface area contributed by atoms with Gasteiger partial charge in [-0.25, -0.2) is 4.79 Å². The first-order chi connectivity index (χ1) is 13.0. The second-order valence-electron chi connectivity index (χ2n) is 5.76. The summed E-state index contributed by atoms with van der Waals surface area (Å²) in [5.74, 6) is 0.891. The summed E-state index contributed by atoms with van der Waals surface area (Å²) in [6, 6.07) is 12.2.